The Bertz CT molecular complexity index is 634. The van der Waals surface area contributed by atoms with Crippen molar-refractivity contribution in [3.8, 4) is 0 Å². The quantitative estimate of drug-likeness (QED) is 0.522. The van der Waals surface area contributed by atoms with Crippen LogP contribution < -0.4 is 0 Å². The lowest BCUT2D eigenvalue weighted by atomic mass is 9.42. The van der Waals surface area contributed by atoms with Gasteiger partial charge in [-0.25, -0.2) is 0 Å². The smallest absolute Gasteiger partial charge is 0.0988 e. The molecule has 3 nitrogen and oxygen atoms in total. The van der Waals surface area contributed by atoms with Crippen LogP contribution >= 0.6 is 0 Å². The minimum Gasteiger partial charge on any atom is -0.393 e. The lowest BCUT2D eigenvalue weighted by Crippen LogP contribution is -2.69. The van der Waals surface area contributed by atoms with Crippen LogP contribution in [0, 0.1) is 46.3 Å². The predicted molar refractivity (Wildman–Crippen MR) is 127 cm³/mol. The number of methoxy groups -OCH3 is 1. The number of fused-ring (bicyclic) bond motifs is 5. The first kappa shape index (κ1) is 24.0. The molecule has 0 spiro atoms. The second-order valence-electron chi connectivity index (χ2n) is 13.1. The van der Waals surface area contributed by atoms with E-state index in [1.165, 1.54) is 44.9 Å². The van der Waals surface area contributed by atoms with Gasteiger partial charge in [0.1, 0.15) is 0 Å². The summed E-state index contributed by atoms with van der Waals surface area (Å²) in [7, 11) is 1.78. The van der Waals surface area contributed by atoms with Crippen molar-refractivity contribution in [2.45, 2.75) is 123 Å². The molecule has 0 saturated heterocycles. The Hall–Kier alpha value is -0.120. The highest BCUT2D eigenvalue weighted by molar-refractivity contribution is 5.17. The number of aliphatic hydroxyl groups is 2. The zero-order valence-corrected chi connectivity index (χ0v) is 21.2. The summed E-state index contributed by atoms with van der Waals surface area (Å²) in [5, 5.41) is 22.3. The van der Waals surface area contributed by atoms with E-state index in [1.54, 1.807) is 7.11 Å². The minimum atomic E-state index is -0.879. The van der Waals surface area contributed by atoms with Crippen molar-refractivity contribution in [3.05, 3.63) is 0 Å². The van der Waals surface area contributed by atoms with Crippen LogP contribution in [0.4, 0.5) is 0 Å². The van der Waals surface area contributed by atoms with Crippen molar-refractivity contribution >= 4 is 0 Å². The summed E-state index contributed by atoms with van der Waals surface area (Å²) in [6.07, 6.45) is 12.2. The summed E-state index contributed by atoms with van der Waals surface area (Å²) >= 11 is 0. The number of hydrogen-bond acceptors (Lipinski definition) is 3. The van der Waals surface area contributed by atoms with E-state index in [0.29, 0.717) is 23.7 Å². The molecule has 0 aromatic carbocycles. The van der Waals surface area contributed by atoms with Gasteiger partial charge < -0.3 is 14.9 Å². The zero-order chi connectivity index (χ0) is 22.6. The zero-order valence-electron chi connectivity index (χ0n) is 21.2. The van der Waals surface area contributed by atoms with Crippen molar-refractivity contribution in [2.75, 3.05) is 7.11 Å². The van der Waals surface area contributed by atoms with Crippen molar-refractivity contribution in [1.29, 1.82) is 0 Å². The van der Waals surface area contributed by atoms with Crippen molar-refractivity contribution in [3.63, 3.8) is 0 Å². The first-order valence-corrected chi connectivity index (χ1v) is 13.5. The van der Waals surface area contributed by atoms with E-state index < -0.39 is 5.60 Å². The highest BCUT2D eigenvalue weighted by Gasteiger charge is 2.67. The van der Waals surface area contributed by atoms with Crippen LogP contribution in [0.25, 0.3) is 0 Å². The second-order valence-corrected chi connectivity index (χ2v) is 13.1. The van der Waals surface area contributed by atoms with Crippen LogP contribution in [0.15, 0.2) is 0 Å². The molecule has 3 unspecified atom stereocenters. The molecule has 0 aromatic rings. The molecular weight excluding hydrogens is 384 g/mol. The van der Waals surface area contributed by atoms with E-state index in [9.17, 15) is 10.2 Å². The molecule has 31 heavy (non-hydrogen) atoms. The Morgan fingerprint density at radius 2 is 1.71 bits per heavy atom. The molecule has 4 saturated carbocycles. The molecule has 0 aliphatic heterocycles. The summed E-state index contributed by atoms with van der Waals surface area (Å²) in [4.78, 5) is 0. The molecule has 4 rings (SSSR count). The third kappa shape index (κ3) is 3.73. The van der Waals surface area contributed by atoms with Gasteiger partial charge in [-0.1, -0.05) is 53.9 Å². The Balaban J connectivity index is 1.55. The van der Waals surface area contributed by atoms with Gasteiger partial charge >= 0.3 is 0 Å². The average molecular weight is 435 g/mol. The molecule has 2 N–H and O–H groups in total. The Morgan fingerprint density at radius 1 is 0.968 bits per heavy atom. The van der Waals surface area contributed by atoms with Gasteiger partial charge in [-0.3, -0.25) is 0 Å². The van der Waals surface area contributed by atoms with E-state index in [1.807, 2.05) is 0 Å². The Labute approximate surface area is 191 Å². The average Bonchev–Trinajstić information content (AvgIpc) is 3.05. The van der Waals surface area contributed by atoms with Gasteiger partial charge in [-0.2, -0.15) is 0 Å². The van der Waals surface area contributed by atoms with Gasteiger partial charge in [0.05, 0.1) is 17.8 Å². The van der Waals surface area contributed by atoms with Gasteiger partial charge in [0.15, 0.2) is 0 Å². The summed E-state index contributed by atoms with van der Waals surface area (Å²) in [6.45, 7) is 12.2. The van der Waals surface area contributed by atoms with E-state index in [2.05, 4.69) is 34.6 Å². The molecule has 0 bridgehead atoms. The van der Waals surface area contributed by atoms with Crippen LogP contribution in [0.5, 0.6) is 0 Å². The maximum Gasteiger partial charge on any atom is 0.0988 e. The first-order chi connectivity index (χ1) is 14.6. The van der Waals surface area contributed by atoms with E-state index in [-0.39, 0.29) is 17.6 Å². The van der Waals surface area contributed by atoms with Gasteiger partial charge in [-0.15, -0.1) is 0 Å². The summed E-state index contributed by atoms with van der Waals surface area (Å²) < 4.78 is 6.00. The standard InChI is InChI=1S/C28H50O3/c1-18(2)8-7-9-19(3)22-10-11-23-21-16-25(31-6)28(30)17-20(29)12-15-27(28,5)24(21)13-14-26(22,23)4/h18-25,29-30H,7-17H2,1-6H3/t19-,20+,21?,22-,23?,24?,25-,26-,27-,28+/m1/s1. The van der Waals surface area contributed by atoms with Gasteiger partial charge in [0.25, 0.3) is 0 Å². The molecule has 0 aromatic heterocycles. The summed E-state index contributed by atoms with van der Waals surface area (Å²) in [6, 6.07) is 0. The largest absolute Gasteiger partial charge is 0.393 e. The summed E-state index contributed by atoms with van der Waals surface area (Å²) in [5.74, 6) is 4.50. The van der Waals surface area contributed by atoms with Crippen LogP contribution in [-0.4, -0.2) is 35.1 Å². The highest BCUT2D eigenvalue weighted by Crippen LogP contribution is 2.69. The third-order valence-electron chi connectivity index (χ3n) is 11.3. The van der Waals surface area contributed by atoms with Crippen LogP contribution in [0.3, 0.4) is 0 Å². The fraction of sp³-hybridized carbons (Fsp3) is 1.00. The van der Waals surface area contributed by atoms with Crippen molar-refractivity contribution in [2.24, 2.45) is 46.3 Å². The highest BCUT2D eigenvalue weighted by atomic mass is 16.5. The van der Waals surface area contributed by atoms with Gasteiger partial charge in [0.2, 0.25) is 0 Å². The molecule has 180 valence electrons. The molecule has 10 atom stereocenters. The molecule has 0 amide bonds. The number of hydrogen-bond donors (Lipinski definition) is 2. The van der Waals surface area contributed by atoms with E-state index in [4.69, 9.17) is 4.74 Å². The van der Waals surface area contributed by atoms with Crippen LogP contribution in [-0.2, 0) is 4.74 Å². The molecule has 4 aliphatic carbocycles. The summed E-state index contributed by atoms with van der Waals surface area (Å²) in [5.41, 5.74) is -0.550. The molecule has 4 aliphatic rings. The number of rotatable bonds is 6. The van der Waals surface area contributed by atoms with Crippen LogP contribution in [0.1, 0.15) is 105 Å². The fourth-order valence-electron chi connectivity index (χ4n) is 9.55. The molecule has 0 radical (unpaired) electrons. The van der Waals surface area contributed by atoms with Crippen molar-refractivity contribution in [1.82, 2.24) is 0 Å². The monoisotopic (exact) mass is 434 g/mol. The topological polar surface area (TPSA) is 49.7 Å². The fourth-order valence-corrected chi connectivity index (χ4v) is 9.55. The first-order valence-electron chi connectivity index (χ1n) is 13.5. The van der Waals surface area contributed by atoms with Crippen molar-refractivity contribution < 1.29 is 14.9 Å². The maximum atomic E-state index is 11.9. The van der Waals surface area contributed by atoms with Crippen LogP contribution in [0.2, 0.25) is 0 Å². The lowest BCUT2D eigenvalue weighted by Gasteiger charge is -2.66. The molecule has 4 fully saturated rings. The SMILES string of the molecule is CO[C@@H]1CC2C3CC[C@H]([C@H](C)CCCC(C)C)[C@@]3(C)CCC2[C@@]2(C)CC[C@H](O)C[C@]12O. The number of ether oxygens (including phenoxy) is 1. The Morgan fingerprint density at radius 3 is 2.39 bits per heavy atom. The predicted octanol–water partition coefficient (Wildman–Crippen LogP) is 6.21. The Kier molecular flexibility index (Phi) is 6.65. The van der Waals surface area contributed by atoms with E-state index >= 15 is 0 Å². The van der Waals surface area contributed by atoms with Gasteiger partial charge in [0, 0.05) is 18.9 Å². The minimum absolute atomic E-state index is 0.127. The second kappa shape index (κ2) is 8.58. The third-order valence-corrected chi connectivity index (χ3v) is 11.3. The van der Waals surface area contributed by atoms with Gasteiger partial charge in [-0.05, 0) is 85.9 Å². The molecule has 3 heteroatoms. The number of aliphatic hydroxyl groups excluding tert-OH is 1. The lowest BCUT2D eigenvalue weighted by molar-refractivity contribution is -0.270. The normalized spacial score (nSPS) is 50.6. The van der Waals surface area contributed by atoms with E-state index in [0.717, 1.165) is 42.9 Å². The maximum absolute atomic E-state index is 11.9. The molecular formula is C28H50O3. The molecule has 0 heterocycles.